The quantitative estimate of drug-likeness (QED) is 0.618. The van der Waals surface area contributed by atoms with Crippen molar-refractivity contribution < 1.29 is 23.5 Å². The monoisotopic (exact) mass is 411 g/mol. The third-order valence-electron chi connectivity index (χ3n) is 4.56. The molecule has 4 rings (SSSR count). The Kier molecular flexibility index (Phi) is 5.38. The molecule has 3 aromatic rings. The Hall–Kier alpha value is -3.82. The zero-order chi connectivity index (χ0) is 21.1. The maximum Gasteiger partial charge on any atom is 0.312 e. The number of pyridine rings is 1. The van der Waals surface area contributed by atoms with Gasteiger partial charge >= 0.3 is 5.97 Å². The minimum atomic E-state index is -0.984. The molecule has 1 atom stereocenters. The summed E-state index contributed by atoms with van der Waals surface area (Å²) in [5.74, 6) is -0.622. The molecule has 0 saturated carbocycles. The molecule has 1 N–H and O–H groups in total. The molecule has 1 aliphatic rings. The molecule has 0 saturated heterocycles. The van der Waals surface area contributed by atoms with Crippen LogP contribution >= 0.6 is 0 Å². The summed E-state index contributed by atoms with van der Waals surface area (Å²) in [6.07, 6.45) is -1.15. The van der Waals surface area contributed by atoms with Crippen molar-refractivity contribution in [1.82, 2.24) is 20.0 Å². The molecule has 1 amide bonds. The topological polar surface area (TPSA) is 108 Å². The van der Waals surface area contributed by atoms with E-state index in [2.05, 4.69) is 20.6 Å². The average Bonchev–Trinajstić information content (AvgIpc) is 3.12. The highest BCUT2D eigenvalue weighted by Crippen LogP contribution is 2.30. The molecule has 3 heterocycles. The molecular weight excluding hydrogens is 393 g/mol. The first kappa shape index (κ1) is 19.5. The number of hydrogen-bond acceptors (Lipinski definition) is 7. The van der Waals surface area contributed by atoms with Crippen molar-refractivity contribution in [2.24, 2.45) is 7.05 Å². The van der Waals surface area contributed by atoms with Gasteiger partial charge in [0.1, 0.15) is 18.1 Å². The fraction of sp³-hybridized carbons (Fsp3) is 0.250. The van der Waals surface area contributed by atoms with Gasteiger partial charge in [0.25, 0.3) is 5.91 Å². The first-order valence-electron chi connectivity index (χ1n) is 9.18. The van der Waals surface area contributed by atoms with Crippen molar-refractivity contribution in [3.8, 4) is 17.3 Å². The number of anilines is 1. The summed E-state index contributed by atoms with van der Waals surface area (Å²) in [7, 11) is 1.64. The van der Waals surface area contributed by atoms with Gasteiger partial charge in [-0.1, -0.05) is 35.5 Å². The van der Waals surface area contributed by atoms with Crippen LogP contribution in [0.5, 0.6) is 5.88 Å². The van der Waals surface area contributed by atoms with Crippen LogP contribution in [0.1, 0.15) is 17.4 Å². The number of carbonyl (C=O) groups excluding carboxylic acids is 2. The van der Waals surface area contributed by atoms with E-state index in [0.717, 1.165) is 0 Å². The number of ether oxygens (including phenoxy) is 2. The molecule has 9 nitrogen and oxygen atoms in total. The van der Waals surface area contributed by atoms with E-state index in [0.29, 0.717) is 28.3 Å². The molecule has 0 fully saturated rings. The molecule has 0 spiro atoms. The van der Waals surface area contributed by atoms with Crippen LogP contribution in [0.4, 0.5) is 10.1 Å². The Balaban J connectivity index is 1.54. The number of carbonyl (C=O) groups is 2. The third kappa shape index (κ3) is 3.97. The van der Waals surface area contributed by atoms with Crippen LogP contribution in [0, 0.1) is 0 Å². The lowest BCUT2D eigenvalue weighted by Gasteiger charge is -2.17. The zero-order valence-electron chi connectivity index (χ0n) is 16.0. The van der Waals surface area contributed by atoms with Crippen LogP contribution < -0.4 is 10.1 Å². The minimum Gasteiger partial charge on any atom is -0.466 e. The van der Waals surface area contributed by atoms with Crippen LogP contribution in [0.2, 0.25) is 0 Å². The Morgan fingerprint density at radius 1 is 1.30 bits per heavy atom. The highest BCUT2D eigenvalue weighted by atomic mass is 19.1. The standard InChI is InChI=1S/C20H18FN5O4/c1-26-15(9-18(28)30-16(10-21)12-5-3-2-4-6-12)19(24-25-26)13-7-8-14-20(23-13)29-11-17(27)22-14/h2-8,16H,9-11H2,1H3,(H,22,27)/t16-/m1/s1. The number of hydrogen-bond donors (Lipinski definition) is 1. The van der Waals surface area contributed by atoms with E-state index in [-0.39, 0.29) is 24.8 Å². The fourth-order valence-electron chi connectivity index (χ4n) is 3.07. The van der Waals surface area contributed by atoms with Gasteiger partial charge in [-0.2, -0.15) is 0 Å². The van der Waals surface area contributed by atoms with E-state index in [1.54, 1.807) is 49.5 Å². The second-order valence-electron chi connectivity index (χ2n) is 6.61. The number of esters is 1. The van der Waals surface area contributed by atoms with Crippen LogP contribution in [-0.4, -0.2) is 45.1 Å². The summed E-state index contributed by atoms with van der Waals surface area (Å²) in [4.78, 5) is 28.3. The molecule has 1 aliphatic heterocycles. The molecule has 0 radical (unpaired) electrons. The zero-order valence-corrected chi connectivity index (χ0v) is 16.0. The normalized spacial score (nSPS) is 13.7. The van der Waals surface area contributed by atoms with Gasteiger partial charge in [0.2, 0.25) is 5.88 Å². The molecule has 10 heteroatoms. The number of fused-ring (bicyclic) bond motifs is 1. The summed E-state index contributed by atoms with van der Waals surface area (Å²) in [5, 5.41) is 10.7. The maximum absolute atomic E-state index is 13.4. The molecule has 0 bridgehead atoms. The van der Waals surface area contributed by atoms with Gasteiger partial charge in [-0.3, -0.25) is 14.3 Å². The average molecular weight is 411 g/mol. The fourth-order valence-corrected chi connectivity index (χ4v) is 3.07. The van der Waals surface area contributed by atoms with Crippen LogP contribution in [-0.2, 0) is 27.8 Å². The minimum absolute atomic E-state index is 0.132. The van der Waals surface area contributed by atoms with Crippen molar-refractivity contribution in [2.75, 3.05) is 18.6 Å². The number of aryl methyl sites for hydroxylation is 1. The number of rotatable bonds is 6. The van der Waals surface area contributed by atoms with E-state index < -0.39 is 18.7 Å². The first-order chi connectivity index (χ1) is 14.5. The van der Waals surface area contributed by atoms with Crippen molar-refractivity contribution >= 4 is 17.6 Å². The van der Waals surface area contributed by atoms with Crippen molar-refractivity contribution in [3.05, 3.63) is 53.7 Å². The van der Waals surface area contributed by atoms with Gasteiger partial charge in [0.05, 0.1) is 17.8 Å². The summed E-state index contributed by atoms with van der Waals surface area (Å²) in [5.41, 5.74) is 2.28. The number of alkyl halides is 1. The highest BCUT2D eigenvalue weighted by molar-refractivity contribution is 5.95. The van der Waals surface area contributed by atoms with Crippen LogP contribution in [0.3, 0.4) is 0 Å². The number of aromatic nitrogens is 4. The molecule has 1 aromatic carbocycles. The first-order valence-corrected chi connectivity index (χ1v) is 9.18. The number of nitrogens with zero attached hydrogens (tertiary/aromatic N) is 4. The SMILES string of the molecule is Cn1nnc(-c2ccc3c(n2)OCC(=O)N3)c1CC(=O)O[C@H](CF)c1ccccc1. The number of nitrogens with one attached hydrogen (secondary N) is 1. The molecule has 2 aromatic heterocycles. The van der Waals surface area contributed by atoms with Crippen LogP contribution in [0.15, 0.2) is 42.5 Å². The second-order valence-corrected chi connectivity index (χ2v) is 6.61. The summed E-state index contributed by atoms with van der Waals surface area (Å²) >= 11 is 0. The summed E-state index contributed by atoms with van der Waals surface area (Å²) in [6.45, 7) is -0.963. The Labute approximate surface area is 170 Å². The van der Waals surface area contributed by atoms with E-state index >= 15 is 0 Å². The van der Waals surface area contributed by atoms with E-state index in [9.17, 15) is 14.0 Å². The largest absolute Gasteiger partial charge is 0.466 e. The summed E-state index contributed by atoms with van der Waals surface area (Å²) in [6, 6.07) is 12.0. The predicted octanol–water partition coefficient (Wildman–Crippen LogP) is 2.00. The van der Waals surface area contributed by atoms with E-state index in [4.69, 9.17) is 9.47 Å². The number of benzene rings is 1. The second kappa shape index (κ2) is 8.27. The lowest BCUT2D eigenvalue weighted by Crippen LogP contribution is -2.26. The van der Waals surface area contributed by atoms with Crippen molar-refractivity contribution in [3.63, 3.8) is 0 Å². The number of halogens is 1. The lowest BCUT2D eigenvalue weighted by molar-refractivity contribution is -0.149. The molecule has 154 valence electrons. The van der Waals surface area contributed by atoms with Crippen LogP contribution in [0.25, 0.3) is 11.4 Å². The predicted molar refractivity (Wildman–Crippen MR) is 103 cm³/mol. The highest BCUT2D eigenvalue weighted by Gasteiger charge is 2.24. The molecule has 0 aliphatic carbocycles. The van der Waals surface area contributed by atoms with Gasteiger partial charge in [-0.25, -0.2) is 9.37 Å². The lowest BCUT2D eigenvalue weighted by atomic mass is 10.1. The van der Waals surface area contributed by atoms with Gasteiger partial charge in [0.15, 0.2) is 12.7 Å². The smallest absolute Gasteiger partial charge is 0.312 e. The van der Waals surface area contributed by atoms with E-state index in [1.807, 2.05) is 0 Å². The number of amides is 1. The van der Waals surface area contributed by atoms with Gasteiger partial charge in [0, 0.05) is 7.05 Å². The van der Waals surface area contributed by atoms with Gasteiger partial charge < -0.3 is 14.8 Å². The van der Waals surface area contributed by atoms with Gasteiger partial charge in [-0.15, -0.1) is 5.10 Å². The summed E-state index contributed by atoms with van der Waals surface area (Å²) < 4.78 is 25.5. The molecule has 0 unspecified atom stereocenters. The Morgan fingerprint density at radius 3 is 2.87 bits per heavy atom. The maximum atomic E-state index is 13.4. The Bertz CT molecular complexity index is 1090. The van der Waals surface area contributed by atoms with Gasteiger partial charge in [-0.05, 0) is 17.7 Å². The third-order valence-corrected chi connectivity index (χ3v) is 4.56. The van der Waals surface area contributed by atoms with E-state index in [1.165, 1.54) is 4.68 Å². The van der Waals surface area contributed by atoms with Crippen molar-refractivity contribution in [2.45, 2.75) is 12.5 Å². The molecular formula is C20H18FN5O4. The molecule has 30 heavy (non-hydrogen) atoms. The Morgan fingerprint density at radius 2 is 2.10 bits per heavy atom. The van der Waals surface area contributed by atoms with Crippen molar-refractivity contribution in [1.29, 1.82) is 0 Å².